The summed E-state index contributed by atoms with van der Waals surface area (Å²) in [5, 5.41) is 16.1. The molecule has 3 atom stereocenters. The number of hydrogen-bond donors (Lipinski definition) is 4. The smallest absolute Gasteiger partial charge is 0.408 e. The number of carbonyl (C=O) groups excluding carboxylic acids is 4. The molecule has 1 aromatic heterocycles. The van der Waals surface area contributed by atoms with Gasteiger partial charge in [-0.1, -0.05) is 44.2 Å². The number of amides is 3. The van der Waals surface area contributed by atoms with Crippen LogP contribution in [0.25, 0.3) is 0 Å². The predicted octanol–water partition coefficient (Wildman–Crippen LogP) is 1.98. The zero-order chi connectivity index (χ0) is 31.6. The standard InChI is InChI=1S/C30H40N6O7/c1-20(2)12-13-30(41,28(39)42-4)34-26(37)25(33-29(40)43-18-22-9-6-5-7-10-22)15-24-17-35(27(38)21(3)31)19-36(24)23-11-8-14-32-16-23/h5-11,14,16-17,20-21,25,41H,12-13,15,18-19,31H2,1-4H3,(H,33,40)(H,34,37)/t21-,25?,30-/m0/s1. The number of esters is 1. The Hall–Kier alpha value is -4.49. The number of benzene rings is 1. The van der Waals surface area contributed by atoms with E-state index in [-0.39, 0.29) is 37.9 Å². The number of ether oxygens (including phenoxy) is 2. The highest BCUT2D eigenvalue weighted by molar-refractivity contribution is 5.91. The molecule has 1 unspecified atom stereocenters. The average Bonchev–Trinajstić information content (AvgIpc) is 3.42. The summed E-state index contributed by atoms with van der Waals surface area (Å²) in [5.41, 5.74) is 5.33. The van der Waals surface area contributed by atoms with Crippen LogP contribution in [0.1, 0.15) is 45.6 Å². The molecule has 0 aliphatic carbocycles. The summed E-state index contributed by atoms with van der Waals surface area (Å²) in [6.45, 7) is 5.41. The van der Waals surface area contributed by atoms with Gasteiger partial charge in [-0.2, -0.15) is 0 Å². The fraction of sp³-hybridized carbons (Fsp3) is 0.433. The molecule has 232 valence electrons. The molecule has 13 heteroatoms. The third-order valence-electron chi connectivity index (χ3n) is 6.75. The highest BCUT2D eigenvalue weighted by Gasteiger charge is 2.41. The van der Waals surface area contributed by atoms with Gasteiger partial charge in [0.1, 0.15) is 19.3 Å². The van der Waals surface area contributed by atoms with Gasteiger partial charge in [-0.25, -0.2) is 9.59 Å². The van der Waals surface area contributed by atoms with Gasteiger partial charge in [0, 0.05) is 30.9 Å². The average molecular weight is 597 g/mol. The van der Waals surface area contributed by atoms with E-state index in [0.717, 1.165) is 12.7 Å². The lowest BCUT2D eigenvalue weighted by Crippen LogP contribution is -2.60. The molecule has 1 aliphatic rings. The van der Waals surface area contributed by atoms with Crippen molar-refractivity contribution in [3.8, 4) is 0 Å². The summed E-state index contributed by atoms with van der Waals surface area (Å²) in [6, 6.07) is 10.4. The Labute approximate surface area is 251 Å². The van der Waals surface area contributed by atoms with E-state index >= 15 is 0 Å². The minimum Gasteiger partial charge on any atom is -0.465 e. The van der Waals surface area contributed by atoms with E-state index in [1.165, 1.54) is 4.90 Å². The van der Waals surface area contributed by atoms with Gasteiger partial charge < -0.3 is 35.8 Å². The van der Waals surface area contributed by atoms with E-state index in [2.05, 4.69) is 15.6 Å². The molecule has 0 radical (unpaired) electrons. The fourth-order valence-corrected chi connectivity index (χ4v) is 4.35. The Bertz CT molecular complexity index is 1290. The van der Waals surface area contributed by atoms with Gasteiger partial charge in [-0.3, -0.25) is 19.5 Å². The topological polar surface area (TPSA) is 176 Å². The monoisotopic (exact) mass is 596 g/mol. The lowest BCUT2D eigenvalue weighted by Gasteiger charge is -2.30. The van der Waals surface area contributed by atoms with Crippen molar-refractivity contribution in [3.63, 3.8) is 0 Å². The zero-order valence-corrected chi connectivity index (χ0v) is 24.9. The Kier molecular flexibility index (Phi) is 11.6. The van der Waals surface area contributed by atoms with Crippen LogP contribution in [0.15, 0.2) is 66.8 Å². The van der Waals surface area contributed by atoms with Gasteiger partial charge in [0.15, 0.2) is 0 Å². The van der Waals surface area contributed by atoms with E-state index in [4.69, 9.17) is 15.2 Å². The lowest BCUT2D eigenvalue weighted by molar-refractivity contribution is -0.170. The second-order valence-corrected chi connectivity index (χ2v) is 10.7. The molecule has 3 amide bonds. The summed E-state index contributed by atoms with van der Waals surface area (Å²) in [5.74, 6) is -2.15. The molecule has 0 saturated carbocycles. The maximum Gasteiger partial charge on any atom is 0.408 e. The van der Waals surface area contributed by atoms with Crippen LogP contribution in [0.4, 0.5) is 10.5 Å². The third kappa shape index (κ3) is 9.25. The van der Waals surface area contributed by atoms with Gasteiger partial charge in [-0.05, 0) is 37.0 Å². The molecular weight excluding hydrogens is 556 g/mol. The Morgan fingerprint density at radius 3 is 2.44 bits per heavy atom. The number of nitrogens with zero attached hydrogens (tertiary/aromatic N) is 3. The van der Waals surface area contributed by atoms with Gasteiger partial charge in [0.25, 0.3) is 0 Å². The van der Waals surface area contributed by atoms with Crippen molar-refractivity contribution in [2.24, 2.45) is 11.7 Å². The third-order valence-corrected chi connectivity index (χ3v) is 6.75. The first kappa shape index (κ1) is 33.0. The molecule has 2 aromatic rings. The number of carbonyl (C=O) groups is 4. The lowest BCUT2D eigenvalue weighted by atomic mass is 9.99. The first-order valence-corrected chi connectivity index (χ1v) is 14.0. The summed E-state index contributed by atoms with van der Waals surface area (Å²) in [7, 11) is 1.10. The minimum atomic E-state index is -2.34. The highest BCUT2D eigenvalue weighted by atomic mass is 16.6. The van der Waals surface area contributed by atoms with Crippen molar-refractivity contribution >= 4 is 29.6 Å². The van der Waals surface area contributed by atoms with E-state index < -0.39 is 35.8 Å². The number of alkyl carbamates (subject to hydrolysis) is 1. The molecule has 5 N–H and O–H groups in total. The van der Waals surface area contributed by atoms with Crippen LogP contribution in [0, 0.1) is 5.92 Å². The summed E-state index contributed by atoms with van der Waals surface area (Å²) >= 11 is 0. The number of pyridine rings is 1. The number of anilines is 1. The molecule has 1 aliphatic heterocycles. The highest BCUT2D eigenvalue weighted by Crippen LogP contribution is 2.28. The van der Waals surface area contributed by atoms with E-state index in [1.54, 1.807) is 66.8 Å². The van der Waals surface area contributed by atoms with Crippen LogP contribution in [-0.2, 0) is 30.5 Å². The first-order valence-electron chi connectivity index (χ1n) is 14.0. The number of nitrogens with one attached hydrogen (secondary N) is 2. The van der Waals surface area contributed by atoms with E-state index in [0.29, 0.717) is 17.8 Å². The second kappa shape index (κ2) is 15.1. The van der Waals surface area contributed by atoms with Gasteiger partial charge in [0.2, 0.25) is 17.5 Å². The molecule has 0 bridgehead atoms. The fourth-order valence-electron chi connectivity index (χ4n) is 4.35. The number of nitrogens with two attached hydrogens (primary N) is 1. The molecule has 3 rings (SSSR count). The number of hydrogen-bond acceptors (Lipinski definition) is 10. The normalized spacial score (nSPS) is 15.7. The summed E-state index contributed by atoms with van der Waals surface area (Å²) in [6.07, 6.45) is 3.97. The largest absolute Gasteiger partial charge is 0.465 e. The number of methoxy groups -OCH3 is 1. The minimum absolute atomic E-state index is 0.0529. The van der Waals surface area contributed by atoms with Crippen LogP contribution in [0.3, 0.4) is 0 Å². The van der Waals surface area contributed by atoms with Crippen LogP contribution in [0.5, 0.6) is 0 Å². The van der Waals surface area contributed by atoms with Crippen molar-refractivity contribution in [3.05, 3.63) is 72.3 Å². The molecular formula is C30H40N6O7. The Morgan fingerprint density at radius 1 is 1.12 bits per heavy atom. The number of rotatable bonds is 13. The molecule has 43 heavy (non-hydrogen) atoms. The second-order valence-electron chi connectivity index (χ2n) is 10.7. The van der Waals surface area contributed by atoms with Crippen LogP contribution in [-0.4, -0.2) is 70.5 Å². The van der Waals surface area contributed by atoms with E-state index in [9.17, 15) is 24.3 Å². The molecule has 13 nitrogen and oxygen atoms in total. The maximum absolute atomic E-state index is 13.7. The quantitative estimate of drug-likeness (QED) is 0.198. The van der Waals surface area contributed by atoms with Gasteiger partial charge in [0.05, 0.1) is 25.0 Å². The predicted molar refractivity (Wildman–Crippen MR) is 158 cm³/mol. The van der Waals surface area contributed by atoms with Crippen LogP contribution < -0.4 is 21.3 Å². The van der Waals surface area contributed by atoms with Crippen molar-refractivity contribution in [1.82, 2.24) is 20.5 Å². The molecule has 2 heterocycles. The van der Waals surface area contributed by atoms with Crippen LogP contribution in [0.2, 0.25) is 0 Å². The van der Waals surface area contributed by atoms with Gasteiger partial charge >= 0.3 is 12.1 Å². The first-order chi connectivity index (χ1) is 20.4. The van der Waals surface area contributed by atoms with Crippen molar-refractivity contribution in [1.29, 1.82) is 0 Å². The molecule has 0 fully saturated rings. The van der Waals surface area contributed by atoms with Gasteiger partial charge in [-0.15, -0.1) is 0 Å². The summed E-state index contributed by atoms with van der Waals surface area (Å²) in [4.78, 5) is 59.2. The maximum atomic E-state index is 13.7. The van der Waals surface area contributed by atoms with Crippen molar-refractivity contribution in [2.75, 3.05) is 18.7 Å². The molecule has 0 saturated heterocycles. The van der Waals surface area contributed by atoms with Crippen LogP contribution >= 0.6 is 0 Å². The molecule has 1 aromatic carbocycles. The van der Waals surface area contributed by atoms with Crippen molar-refractivity contribution < 1.29 is 33.8 Å². The SMILES string of the molecule is COC(=O)[C@@](O)(CCC(C)C)NC(=O)C(CC1=CN(C(=O)[C@H](C)N)CN1c1cccnc1)NC(=O)OCc1ccccc1. The number of aliphatic hydroxyl groups is 1. The van der Waals surface area contributed by atoms with Crippen molar-refractivity contribution in [2.45, 2.75) is 64.4 Å². The van der Waals surface area contributed by atoms with E-state index in [1.807, 2.05) is 19.9 Å². The number of aromatic nitrogens is 1. The Balaban J connectivity index is 1.91. The zero-order valence-electron chi connectivity index (χ0n) is 24.9. The summed E-state index contributed by atoms with van der Waals surface area (Å²) < 4.78 is 10.1. The molecule has 0 spiro atoms. The Morgan fingerprint density at radius 2 is 1.84 bits per heavy atom.